The van der Waals surface area contributed by atoms with E-state index >= 15 is 0 Å². The van der Waals surface area contributed by atoms with Crippen molar-refractivity contribution >= 4 is 5.91 Å². The van der Waals surface area contributed by atoms with E-state index in [4.69, 9.17) is 7.48 Å². The average molecular weight is 467 g/mol. The monoisotopic (exact) mass is 466 g/mol. The Morgan fingerprint density at radius 2 is 2.06 bits per heavy atom. The zero-order valence-electron chi connectivity index (χ0n) is 21.9. The van der Waals surface area contributed by atoms with Crippen molar-refractivity contribution in [3.05, 3.63) is 0 Å². The van der Waals surface area contributed by atoms with Crippen LogP contribution in [0.2, 0.25) is 0 Å². The molecule has 0 bridgehead atoms. The van der Waals surface area contributed by atoms with Gasteiger partial charge in [0.2, 0.25) is 5.91 Å². The van der Waals surface area contributed by atoms with Crippen LogP contribution in [-0.2, 0) is 9.53 Å². The van der Waals surface area contributed by atoms with Gasteiger partial charge in [-0.2, -0.15) is 0 Å². The molecule has 0 aromatic heterocycles. The topological polar surface area (TPSA) is 114 Å². The lowest BCUT2D eigenvalue weighted by Gasteiger charge is -2.42. The Morgan fingerprint density at radius 1 is 1.12 bits per heavy atom. The summed E-state index contributed by atoms with van der Waals surface area (Å²) < 4.78 is 23.6. The van der Waals surface area contributed by atoms with E-state index in [-0.39, 0.29) is 48.3 Å². The van der Waals surface area contributed by atoms with Crippen molar-refractivity contribution in [2.24, 2.45) is 5.92 Å². The lowest BCUT2D eigenvalue weighted by atomic mass is 9.84. The minimum absolute atomic E-state index is 0.0144. The maximum Gasteiger partial charge on any atom is 0.223 e. The SMILES string of the molecule is [2H]C([2H])(NC1CCCC(C(=O)N[C@@H]2CCOC3CCCNC32)C1)C1NNC(C2CCNCN2)N1C. The second-order valence-corrected chi connectivity index (χ2v) is 10.4. The Labute approximate surface area is 200 Å². The maximum atomic E-state index is 13.2. The number of nitrogens with zero attached hydrogens (tertiary/aromatic N) is 1. The molecule has 1 amide bonds. The van der Waals surface area contributed by atoms with Crippen LogP contribution in [0.4, 0.5) is 0 Å². The van der Waals surface area contributed by atoms with Crippen molar-refractivity contribution in [1.82, 2.24) is 42.3 Å². The van der Waals surface area contributed by atoms with Gasteiger partial charge in [-0.1, -0.05) is 6.42 Å². The van der Waals surface area contributed by atoms with Crippen molar-refractivity contribution in [3.63, 3.8) is 0 Å². The number of rotatable bonds is 6. The summed E-state index contributed by atoms with van der Waals surface area (Å²) >= 11 is 0. The number of amides is 1. The van der Waals surface area contributed by atoms with Gasteiger partial charge in [-0.3, -0.25) is 15.0 Å². The summed E-state index contributed by atoms with van der Waals surface area (Å²) in [7, 11) is 1.96. The van der Waals surface area contributed by atoms with E-state index in [1.165, 1.54) is 0 Å². The number of nitrogens with one attached hydrogen (secondary N) is 7. The highest BCUT2D eigenvalue weighted by atomic mass is 16.5. The van der Waals surface area contributed by atoms with E-state index in [1.807, 2.05) is 11.9 Å². The zero-order valence-corrected chi connectivity index (χ0v) is 19.9. The van der Waals surface area contributed by atoms with Gasteiger partial charge >= 0.3 is 0 Å². The molecule has 10 heteroatoms. The standard InChI is InChI=1S/C23H44N8O2/c1-31-20(29-30-22(31)18-7-10-24-14-27-18)13-26-16-5-2-4-15(12-16)23(32)28-17-8-11-33-19-6-3-9-25-21(17)19/h15-22,24-27,29-30H,2-14H2,1H3,(H,28,32)/t15?,16?,17-,18?,19?,20?,21?,22?/m1/s1/i13D2. The van der Waals surface area contributed by atoms with Crippen LogP contribution in [0.25, 0.3) is 0 Å². The van der Waals surface area contributed by atoms with Gasteiger partial charge in [0.05, 0.1) is 24.5 Å². The molecule has 0 spiro atoms. The predicted molar refractivity (Wildman–Crippen MR) is 127 cm³/mol. The molecular formula is C23H44N8O2. The molecule has 33 heavy (non-hydrogen) atoms. The van der Waals surface area contributed by atoms with Crippen LogP contribution in [0.5, 0.6) is 0 Å². The first-order valence-corrected chi connectivity index (χ1v) is 13.0. The molecule has 5 fully saturated rings. The summed E-state index contributed by atoms with van der Waals surface area (Å²) in [5.74, 6) is 0.0333. The molecule has 4 aliphatic heterocycles. The molecule has 10 nitrogen and oxygen atoms in total. The molecule has 0 radical (unpaired) electrons. The van der Waals surface area contributed by atoms with E-state index in [9.17, 15) is 4.79 Å². The van der Waals surface area contributed by atoms with Crippen molar-refractivity contribution in [2.45, 2.75) is 94.0 Å². The van der Waals surface area contributed by atoms with E-state index in [1.54, 1.807) is 0 Å². The first-order chi connectivity index (χ1) is 16.9. The number of likely N-dealkylation sites (N-methyl/N-ethyl adjacent to an activating group) is 1. The Morgan fingerprint density at radius 3 is 2.94 bits per heavy atom. The number of ether oxygens (including phenoxy) is 1. The van der Waals surface area contributed by atoms with E-state index in [0.29, 0.717) is 13.0 Å². The molecule has 7 N–H and O–H groups in total. The summed E-state index contributed by atoms with van der Waals surface area (Å²) in [4.78, 5) is 15.3. The lowest BCUT2D eigenvalue weighted by Crippen LogP contribution is -2.62. The molecule has 4 saturated heterocycles. The third kappa shape index (κ3) is 5.70. The van der Waals surface area contributed by atoms with Crippen LogP contribution < -0.4 is 37.4 Å². The largest absolute Gasteiger partial charge is 0.376 e. The number of carbonyl (C=O) groups excluding carboxylic acids is 1. The Hall–Kier alpha value is -0.850. The Bertz CT molecular complexity index is 726. The molecule has 0 aromatic carbocycles. The number of fused-ring (bicyclic) bond motifs is 1. The second-order valence-electron chi connectivity index (χ2n) is 10.4. The van der Waals surface area contributed by atoms with E-state index in [2.05, 4.69) is 37.4 Å². The maximum absolute atomic E-state index is 13.2. The minimum atomic E-state index is -1.65. The summed E-state index contributed by atoms with van der Waals surface area (Å²) in [5.41, 5.74) is 6.47. The fourth-order valence-electron chi connectivity index (χ4n) is 6.19. The first-order valence-electron chi connectivity index (χ1n) is 14.0. The molecule has 1 aliphatic carbocycles. The van der Waals surface area contributed by atoms with E-state index < -0.39 is 12.7 Å². The molecular weight excluding hydrogens is 420 g/mol. The zero-order chi connectivity index (χ0) is 24.4. The highest BCUT2D eigenvalue weighted by molar-refractivity contribution is 5.79. The van der Waals surface area contributed by atoms with Crippen LogP contribution in [-0.4, -0.2) is 93.3 Å². The molecule has 7 unspecified atom stereocenters. The number of hydrazine groups is 1. The molecule has 5 aliphatic rings. The first kappa shape index (κ1) is 21.4. The number of carbonyl (C=O) groups is 1. The molecule has 188 valence electrons. The van der Waals surface area contributed by atoms with Crippen LogP contribution >= 0.6 is 0 Å². The van der Waals surface area contributed by atoms with Crippen molar-refractivity contribution < 1.29 is 12.3 Å². The van der Waals surface area contributed by atoms with Crippen LogP contribution in [0, 0.1) is 5.92 Å². The van der Waals surface area contributed by atoms with Crippen molar-refractivity contribution in [3.8, 4) is 0 Å². The number of hydrogen-bond donors (Lipinski definition) is 7. The third-order valence-electron chi connectivity index (χ3n) is 8.15. The van der Waals surface area contributed by atoms with Gasteiger partial charge in [0.25, 0.3) is 0 Å². The predicted octanol–water partition coefficient (Wildman–Crippen LogP) is -1.24. The van der Waals surface area contributed by atoms with Crippen LogP contribution in [0.3, 0.4) is 0 Å². The fraction of sp³-hybridized carbons (Fsp3) is 0.957. The van der Waals surface area contributed by atoms with Gasteiger partial charge in [-0.25, -0.2) is 10.9 Å². The second kappa shape index (κ2) is 11.3. The van der Waals surface area contributed by atoms with Gasteiger partial charge in [0.1, 0.15) is 0 Å². The van der Waals surface area contributed by atoms with Gasteiger partial charge in [0, 0.05) is 46.6 Å². The van der Waals surface area contributed by atoms with Gasteiger partial charge in [0.15, 0.2) is 0 Å². The smallest absolute Gasteiger partial charge is 0.223 e. The summed E-state index contributed by atoms with van der Waals surface area (Å²) in [6, 6.07) is 0.535. The van der Waals surface area contributed by atoms with Gasteiger partial charge in [-0.15, -0.1) is 0 Å². The number of hydrogen-bond acceptors (Lipinski definition) is 9. The highest BCUT2D eigenvalue weighted by Gasteiger charge is 2.39. The average Bonchev–Trinajstić information content (AvgIpc) is 3.27. The molecule has 8 atom stereocenters. The molecule has 4 heterocycles. The van der Waals surface area contributed by atoms with E-state index in [0.717, 1.165) is 64.7 Å². The summed E-state index contributed by atoms with van der Waals surface area (Å²) in [6.45, 7) is 1.76. The fourth-order valence-corrected chi connectivity index (χ4v) is 6.19. The van der Waals surface area contributed by atoms with Crippen molar-refractivity contribution in [2.75, 3.05) is 39.9 Å². The minimum Gasteiger partial charge on any atom is -0.376 e. The van der Waals surface area contributed by atoms with Gasteiger partial charge < -0.3 is 26.0 Å². The summed E-state index contributed by atoms with van der Waals surface area (Å²) in [6.07, 6.45) is 7.06. The normalized spacial score (nSPS) is 43.9. The summed E-state index contributed by atoms with van der Waals surface area (Å²) in [5, 5.41) is 16.9. The molecule has 5 rings (SSSR count). The van der Waals surface area contributed by atoms with Crippen LogP contribution in [0.1, 0.15) is 54.1 Å². The Balaban J connectivity index is 1.14. The lowest BCUT2D eigenvalue weighted by molar-refractivity contribution is -0.129. The molecule has 0 aromatic rings. The van der Waals surface area contributed by atoms with Crippen molar-refractivity contribution in [1.29, 1.82) is 0 Å². The van der Waals surface area contributed by atoms with Gasteiger partial charge in [-0.05, 0) is 65.1 Å². The highest BCUT2D eigenvalue weighted by Crippen LogP contribution is 2.27. The third-order valence-corrected chi connectivity index (χ3v) is 8.15. The molecule has 1 saturated carbocycles. The van der Waals surface area contributed by atoms with Crippen LogP contribution in [0.15, 0.2) is 0 Å². The number of piperidine rings is 1. The quantitative estimate of drug-likeness (QED) is 0.258. The Kier molecular flexibility index (Phi) is 7.31.